The standard InChI is InChI=1S/C13H25NO3/c1-4-17-12(15)11-6-5-8-14(10-11)9-7-13(2,3)16/h11,16H,4-10H2,1-3H3/t11-/m0/s1. The highest BCUT2D eigenvalue weighted by Crippen LogP contribution is 2.19. The quantitative estimate of drug-likeness (QED) is 0.742. The van der Waals surface area contributed by atoms with Crippen molar-refractivity contribution in [1.82, 2.24) is 4.90 Å². The molecule has 1 N–H and O–H groups in total. The number of ether oxygens (including phenoxy) is 1. The molecule has 0 bridgehead atoms. The Balaban J connectivity index is 2.36. The predicted octanol–water partition coefficient (Wildman–Crippen LogP) is 1.42. The van der Waals surface area contributed by atoms with Crippen LogP contribution < -0.4 is 0 Å². The van der Waals surface area contributed by atoms with Crippen molar-refractivity contribution in [2.45, 2.75) is 45.6 Å². The lowest BCUT2D eigenvalue weighted by Gasteiger charge is -2.32. The lowest BCUT2D eigenvalue weighted by molar-refractivity contribution is -0.150. The molecule has 100 valence electrons. The summed E-state index contributed by atoms with van der Waals surface area (Å²) in [4.78, 5) is 13.9. The van der Waals surface area contributed by atoms with Gasteiger partial charge in [-0.3, -0.25) is 4.79 Å². The third-order valence-electron chi connectivity index (χ3n) is 3.17. The first kappa shape index (κ1) is 14.5. The van der Waals surface area contributed by atoms with Crippen LogP contribution in [0.3, 0.4) is 0 Å². The highest BCUT2D eigenvalue weighted by atomic mass is 16.5. The minimum Gasteiger partial charge on any atom is -0.466 e. The van der Waals surface area contributed by atoms with Crippen LogP contribution in [0.5, 0.6) is 0 Å². The molecule has 0 aliphatic carbocycles. The number of esters is 1. The van der Waals surface area contributed by atoms with E-state index in [0.717, 1.165) is 38.9 Å². The number of rotatable bonds is 5. The van der Waals surface area contributed by atoms with E-state index in [0.29, 0.717) is 6.61 Å². The maximum Gasteiger partial charge on any atom is 0.310 e. The summed E-state index contributed by atoms with van der Waals surface area (Å²) in [6.07, 6.45) is 2.70. The van der Waals surface area contributed by atoms with E-state index in [1.807, 2.05) is 20.8 Å². The van der Waals surface area contributed by atoms with Crippen LogP contribution in [-0.2, 0) is 9.53 Å². The largest absolute Gasteiger partial charge is 0.466 e. The number of carbonyl (C=O) groups excluding carboxylic acids is 1. The van der Waals surface area contributed by atoms with Crippen molar-refractivity contribution in [3.63, 3.8) is 0 Å². The fourth-order valence-corrected chi connectivity index (χ4v) is 2.14. The average molecular weight is 243 g/mol. The number of piperidine rings is 1. The molecule has 1 heterocycles. The van der Waals surface area contributed by atoms with Gasteiger partial charge >= 0.3 is 5.97 Å². The van der Waals surface area contributed by atoms with Gasteiger partial charge in [-0.25, -0.2) is 0 Å². The van der Waals surface area contributed by atoms with Crippen molar-refractivity contribution in [2.24, 2.45) is 5.92 Å². The lowest BCUT2D eigenvalue weighted by atomic mass is 9.97. The van der Waals surface area contributed by atoms with E-state index in [9.17, 15) is 9.90 Å². The smallest absolute Gasteiger partial charge is 0.310 e. The minimum absolute atomic E-state index is 0.0190. The Morgan fingerprint density at radius 3 is 2.82 bits per heavy atom. The molecule has 1 aliphatic heterocycles. The van der Waals surface area contributed by atoms with Gasteiger partial charge in [0.2, 0.25) is 0 Å². The van der Waals surface area contributed by atoms with Gasteiger partial charge in [0, 0.05) is 13.1 Å². The van der Waals surface area contributed by atoms with Crippen LogP contribution in [0.15, 0.2) is 0 Å². The van der Waals surface area contributed by atoms with Crippen LogP contribution in [0.25, 0.3) is 0 Å². The van der Waals surface area contributed by atoms with Crippen molar-refractivity contribution in [3.8, 4) is 0 Å². The van der Waals surface area contributed by atoms with E-state index in [1.165, 1.54) is 0 Å². The molecule has 17 heavy (non-hydrogen) atoms. The Labute approximate surface area is 104 Å². The van der Waals surface area contributed by atoms with E-state index in [-0.39, 0.29) is 11.9 Å². The molecule has 1 saturated heterocycles. The van der Waals surface area contributed by atoms with Gasteiger partial charge in [-0.1, -0.05) is 0 Å². The molecule has 0 amide bonds. The number of nitrogens with zero attached hydrogens (tertiary/aromatic N) is 1. The maximum absolute atomic E-state index is 11.6. The third-order valence-corrected chi connectivity index (χ3v) is 3.17. The molecule has 0 aromatic rings. The Bertz CT molecular complexity index is 248. The molecule has 1 fully saturated rings. The second kappa shape index (κ2) is 6.36. The lowest BCUT2D eigenvalue weighted by Crippen LogP contribution is -2.41. The molecule has 0 aromatic carbocycles. The summed E-state index contributed by atoms with van der Waals surface area (Å²) in [5.41, 5.74) is -0.628. The summed E-state index contributed by atoms with van der Waals surface area (Å²) in [5.74, 6) is -0.0500. The second-order valence-electron chi connectivity index (χ2n) is 5.45. The van der Waals surface area contributed by atoms with Crippen molar-refractivity contribution in [1.29, 1.82) is 0 Å². The highest BCUT2D eigenvalue weighted by Gasteiger charge is 2.27. The summed E-state index contributed by atoms with van der Waals surface area (Å²) in [6.45, 7) is 8.58. The molecule has 0 spiro atoms. The van der Waals surface area contributed by atoms with Gasteiger partial charge in [-0.15, -0.1) is 0 Å². The molecule has 1 atom stereocenters. The van der Waals surface area contributed by atoms with E-state index in [4.69, 9.17) is 4.74 Å². The predicted molar refractivity (Wildman–Crippen MR) is 66.7 cm³/mol. The zero-order valence-corrected chi connectivity index (χ0v) is 11.2. The van der Waals surface area contributed by atoms with E-state index in [2.05, 4.69) is 4.90 Å². The monoisotopic (exact) mass is 243 g/mol. The fourth-order valence-electron chi connectivity index (χ4n) is 2.14. The maximum atomic E-state index is 11.6. The van der Waals surface area contributed by atoms with Crippen molar-refractivity contribution in [2.75, 3.05) is 26.2 Å². The summed E-state index contributed by atoms with van der Waals surface area (Å²) < 4.78 is 5.06. The van der Waals surface area contributed by atoms with Crippen LogP contribution in [0.4, 0.5) is 0 Å². The molecular weight excluding hydrogens is 218 g/mol. The number of hydrogen-bond donors (Lipinski definition) is 1. The molecule has 0 saturated carbocycles. The molecule has 4 heteroatoms. The highest BCUT2D eigenvalue weighted by molar-refractivity contribution is 5.72. The Kier molecular flexibility index (Phi) is 5.40. The first-order valence-electron chi connectivity index (χ1n) is 6.54. The summed E-state index contributed by atoms with van der Waals surface area (Å²) >= 11 is 0. The van der Waals surface area contributed by atoms with E-state index >= 15 is 0 Å². The van der Waals surface area contributed by atoms with Gasteiger partial charge in [0.25, 0.3) is 0 Å². The Morgan fingerprint density at radius 1 is 1.53 bits per heavy atom. The SMILES string of the molecule is CCOC(=O)[C@H]1CCCN(CCC(C)(C)O)C1. The van der Waals surface area contributed by atoms with Crippen molar-refractivity contribution < 1.29 is 14.6 Å². The van der Waals surface area contributed by atoms with Gasteiger partial charge in [-0.05, 0) is 46.6 Å². The Hall–Kier alpha value is -0.610. The van der Waals surface area contributed by atoms with Gasteiger partial charge in [-0.2, -0.15) is 0 Å². The van der Waals surface area contributed by atoms with Gasteiger partial charge in [0.05, 0.1) is 18.1 Å². The summed E-state index contributed by atoms with van der Waals surface area (Å²) in [5, 5.41) is 9.69. The first-order valence-corrected chi connectivity index (χ1v) is 6.54. The minimum atomic E-state index is -0.628. The molecule has 0 radical (unpaired) electrons. The van der Waals surface area contributed by atoms with Crippen LogP contribution >= 0.6 is 0 Å². The number of hydrogen-bond acceptors (Lipinski definition) is 4. The molecule has 0 unspecified atom stereocenters. The van der Waals surface area contributed by atoms with Crippen LogP contribution in [0.2, 0.25) is 0 Å². The number of aliphatic hydroxyl groups is 1. The molecule has 4 nitrogen and oxygen atoms in total. The van der Waals surface area contributed by atoms with Gasteiger partial charge < -0.3 is 14.7 Å². The van der Waals surface area contributed by atoms with Crippen LogP contribution in [-0.4, -0.2) is 47.8 Å². The zero-order valence-electron chi connectivity index (χ0n) is 11.2. The van der Waals surface area contributed by atoms with Crippen LogP contribution in [0, 0.1) is 5.92 Å². The molecule has 1 rings (SSSR count). The average Bonchev–Trinajstić information content (AvgIpc) is 2.26. The van der Waals surface area contributed by atoms with Crippen molar-refractivity contribution in [3.05, 3.63) is 0 Å². The zero-order chi connectivity index (χ0) is 12.9. The number of likely N-dealkylation sites (tertiary alicyclic amines) is 1. The van der Waals surface area contributed by atoms with Crippen LogP contribution in [0.1, 0.15) is 40.0 Å². The normalized spacial score (nSPS) is 22.5. The van der Waals surface area contributed by atoms with Gasteiger partial charge in [0.1, 0.15) is 0 Å². The first-order chi connectivity index (χ1) is 7.92. The molecule has 0 aromatic heterocycles. The fraction of sp³-hybridized carbons (Fsp3) is 0.923. The van der Waals surface area contributed by atoms with E-state index < -0.39 is 5.60 Å². The second-order valence-corrected chi connectivity index (χ2v) is 5.45. The third kappa shape index (κ3) is 5.50. The summed E-state index contributed by atoms with van der Waals surface area (Å²) in [7, 11) is 0. The van der Waals surface area contributed by atoms with Gasteiger partial charge in [0.15, 0.2) is 0 Å². The topological polar surface area (TPSA) is 49.8 Å². The Morgan fingerprint density at radius 2 is 2.24 bits per heavy atom. The number of carbonyl (C=O) groups is 1. The molecular formula is C13H25NO3. The van der Waals surface area contributed by atoms with Crippen molar-refractivity contribution >= 4 is 5.97 Å². The summed E-state index contributed by atoms with van der Waals surface area (Å²) in [6, 6.07) is 0. The van der Waals surface area contributed by atoms with E-state index in [1.54, 1.807) is 0 Å². The molecule has 1 aliphatic rings.